The monoisotopic (exact) mass is 265 g/mol. The predicted octanol–water partition coefficient (Wildman–Crippen LogP) is 3.29. The maximum atomic E-state index is 13.4. The van der Waals surface area contributed by atoms with Gasteiger partial charge in [0.1, 0.15) is 11.6 Å². The fourth-order valence-corrected chi connectivity index (χ4v) is 2.40. The molecule has 0 atom stereocenters. The molecule has 0 unspecified atom stereocenters. The number of halogens is 2. The molecule has 0 radical (unpaired) electrons. The minimum absolute atomic E-state index is 0.145. The second-order valence-corrected chi connectivity index (χ2v) is 4.68. The molecule has 3 aromatic rings. The summed E-state index contributed by atoms with van der Waals surface area (Å²) in [6.45, 7) is 0.356. The lowest BCUT2D eigenvalue weighted by molar-refractivity contribution is 0.602. The predicted molar refractivity (Wildman–Crippen MR) is 66.8 cm³/mol. The molecule has 0 fully saturated rings. The van der Waals surface area contributed by atoms with Gasteiger partial charge in [0.05, 0.1) is 17.9 Å². The van der Waals surface area contributed by atoms with Crippen LogP contribution in [0.5, 0.6) is 0 Å². The topological polar surface area (TPSA) is 29.3 Å². The summed E-state index contributed by atoms with van der Waals surface area (Å²) in [6, 6.07) is 3.32. The van der Waals surface area contributed by atoms with Crippen LogP contribution < -0.4 is 5.32 Å². The van der Waals surface area contributed by atoms with Crippen molar-refractivity contribution in [3.05, 3.63) is 53.3 Å². The number of benzene rings is 1. The molecule has 2 aromatic heterocycles. The van der Waals surface area contributed by atoms with Crippen LogP contribution in [0.1, 0.15) is 5.69 Å². The Hall–Kier alpha value is -1.95. The van der Waals surface area contributed by atoms with Crippen molar-refractivity contribution in [2.75, 3.05) is 5.32 Å². The molecular weight excluding hydrogens is 256 g/mol. The van der Waals surface area contributed by atoms with Crippen molar-refractivity contribution in [2.45, 2.75) is 6.54 Å². The van der Waals surface area contributed by atoms with E-state index in [4.69, 9.17) is 0 Å². The molecule has 0 bridgehead atoms. The molecule has 6 heteroatoms. The summed E-state index contributed by atoms with van der Waals surface area (Å²) in [4.78, 5) is 5.22. The number of thiazole rings is 1. The van der Waals surface area contributed by atoms with Crippen LogP contribution in [-0.4, -0.2) is 9.38 Å². The Bertz CT molecular complexity index is 661. The van der Waals surface area contributed by atoms with Crippen LogP contribution in [0.4, 0.5) is 14.5 Å². The van der Waals surface area contributed by atoms with Gasteiger partial charge in [-0.2, -0.15) is 0 Å². The van der Waals surface area contributed by atoms with Crippen LogP contribution in [0.25, 0.3) is 4.96 Å². The van der Waals surface area contributed by atoms with E-state index in [1.165, 1.54) is 11.3 Å². The third-order valence-electron chi connectivity index (χ3n) is 2.53. The van der Waals surface area contributed by atoms with E-state index in [9.17, 15) is 8.78 Å². The molecular formula is C12H9F2N3S. The molecule has 0 aliphatic rings. The van der Waals surface area contributed by atoms with Gasteiger partial charge >= 0.3 is 0 Å². The Labute approximate surface area is 106 Å². The van der Waals surface area contributed by atoms with E-state index in [1.807, 2.05) is 22.2 Å². The van der Waals surface area contributed by atoms with Crippen molar-refractivity contribution in [3.63, 3.8) is 0 Å². The highest BCUT2D eigenvalue weighted by atomic mass is 32.1. The number of fused-ring (bicyclic) bond motifs is 1. The van der Waals surface area contributed by atoms with Gasteiger partial charge in [0, 0.05) is 17.8 Å². The normalized spacial score (nSPS) is 11.0. The molecule has 1 aromatic carbocycles. The Morgan fingerprint density at radius 2 is 2.22 bits per heavy atom. The largest absolute Gasteiger partial charge is 0.377 e. The molecule has 92 valence electrons. The zero-order chi connectivity index (χ0) is 12.5. The molecule has 18 heavy (non-hydrogen) atoms. The van der Waals surface area contributed by atoms with Crippen molar-refractivity contribution in [1.82, 2.24) is 9.38 Å². The van der Waals surface area contributed by atoms with Gasteiger partial charge in [-0.05, 0) is 18.2 Å². The molecule has 3 rings (SSSR count). The molecule has 0 aliphatic carbocycles. The lowest BCUT2D eigenvalue weighted by Crippen LogP contribution is -2.02. The molecule has 3 nitrogen and oxygen atoms in total. The van der Waals surface area contributed by atoms with Gasteiger partial charge in [-0.15, -0.1) is 11.3 Å². The average molecular weight is 265 g/mol. The van der Waals surface area contributed by atoms with E-state index in [2.05, 4.69) is 10.3 Å². The van der Waals surface area contributed by atoms with E-state index in [-0.39, 0.29) is 5.69 Å². The number of nitrogens with zero attached hydrogens (tertiary/aromatic N) is 2. The van der Waals surface area contributed by atoms with Crippen molar-refractivity contribution in [1.29, 1.82) is 0 Å². The van der Waals surface area contributed by atoms with E-state index in [0.29, 0.717) is 6.54 Å². The maximum absolute atomic E-state index is 13.4. The van der Waals surface area contributed by atoms with Crippen LogP contribution in [0, 0.1) is 11.6 Å². The summed E-state index contributed by atoms with van der Waals surface area (Å²) < 4.78 is 28.2. The third-order valence-corrected chi connectivity index (χ3v) is 3.30. The van der Waals surface area contributed by atoms with Gasteiger partial charge in [-0.25, -0.2) is 13.8 Å². The molecule has 2 heterocycles. The van der Waals surface area contributed by atoms with Crippen molar-refractivity contribution >= 4 is 22.0 Å². The molecule has 0 spiro atoms. The van der Waals surface area contributed by atoms with Gasteiger partial charge in [-0.1, -0.05) is 0 Å². The van der Waals surface area contributed by atoms with Crippen LogP contribution in [0.2, 0.25) is 0 Å². The number of hydrogen-bond acceptors (Lipinski definition) is 3. The number of aromatic nitrogens is 2. The van der Waals surface area contributed by atoms with E-state index in [0.717, 1.165) is 28.9 Å². The average Bonchev–Trinajstić information content (AvgIpc) is 2.90. The first-order valence-corrected chi connectivity index (χ1v) is 6.20. The summed E-state index contributed by atoms with van der Waals surface area (Å²) in [5, 5.41) is 4.77. The van der Waals surface area contributed by atoms with E-state index < -0.39 is 11.6 Å². The number of nitrogens with one attached hydrogen (secondary N) is 1. The van der Waals surface area contributed by atoms with Gasteiger partial charge in [0.2, 0.25) is 0 Å². The highest BCUT2D eigenvalue weighted by molar-refractivity contribution is 7.15. The van der Waals surface area contributed by atoms with Crippen LogP contribution in [-0.2, 0) is 6.54 Å². The van der Waals surface area contributed by atoms with Gasteiger partial charge in [-0.3, -0.25) is 4.40 Å². The van der Waals surface area contributed by atoms with Crippen LogP contribution in [0.15, 0.2) is 36.0 Å². The Kier molecular flexibility index (Phi) is 2.71. The fourth-order valence-electron chi connectivity index (χ4n) is 1.68. The smallest absolute Gasteiger partial charge is 0.193 e. The Morgan fingerprint density at radius 3 is 3.06 bits per heavy atom. The lowest BCUT2D eigenvalue weighted by atomic mass is 10.3. The molecule has 1 N–H and O–H groups in total. The standard InChI is InChI=1S/C12H9F2N3S/c13-8-1-2-10(14)11(5-8)15-6-9-7-17-3-4-18-12(17)16-9/h1-5,7,15H,6H2. The minimum atomic E-state index is -0.475. The number of imidazole rings is 1. The van der Waals surface area contributed by atoms with Crippen LogP contribution in [0.3, 0.4) is 0 Å². The van der Waals surface area contributed by atoms with Gasteiger partial charge in [0.25, 0.3) is 0 Å². The first-order chi connectivity index (χ1) is 8.72. The van der Waals surface area contributed by atoms with Gasteiger partial charge < -0.3 is 5.32 Å². The summed E-state index contributed by atoms with van der Waals surface area (Å²) in [5.74, 6) is -0.942. The highest BCUT2D eigenvalue weighted by Crippen LogP contribution is 2.17. The minimum Gasteiger partial charge on any atom is -0.377 e. The molecule has 0 amide bonds. The number of hydrogen-bond donors (Lipinski definition) is 1. The zero-order valence-electron chi connectivity index (χ0n) is 9.23. The second kappa shape index (κ2) is 4.38. The SMILES string of the molecule is Fc1ccc(F)c(NCc2cn3ccsc3n2)c1. The first kappa shape index (κ1) is 11.2. The highest BCUT2D eigenvalue weighted by Gasteiger charge is 2.06. The number of anilines is 1. The second-order valence-electron chi connectivity index (χ2n) is 3.80. The summed E-state index contributed by atoms with van der Waals surface area (Å²) >= 11 is 1.53. The molecule has 0 saturated carbocycles. The number of rotatable bonds is 3. The fraction of sp³-hybridized carbons (Fsp3) is 0.0833. The third kappa shape index (κ3) is 2.06. The summed E-state index contributed by atoms with van der Waals surface area (Å²) in [5.41, 5.74) is 0.928. The molecule has 0 saturated heterocycles. The van der Waals surface area contributed by atoms with Crippen molar-refractivity contribution in [3.8, 4) is 0 Å². The van der Waals surface area contributed by atoms with E-state index >= 15 is 0 Å². The lowest BCUT2D eigenvalue weighted by Gasteiger charge is -2.05. The van der Waals surface area contributed by atoms with Crippen LogP contribution >= 0.6 is 11.3 Å². The Balaban J connectivity index is 1.77. The van der Waals surface area contributed by atoms with Crippen molar-refractivity contribution in [2.24, 2.45) is 0 Å². The van der Waals surface area contributed by atoms with Gasteiger partial charge in [0.15, 0.2) is 4.96 Å². The Morgan fingerprint density at radius 1 is 1.33 bits per heavy atom. The quantitative estimate of drug-likeness (QED) is 0.787. The van der Waals surface area contributed by atoms with Crippen molar-refractivity contribution < 1.29 is 8.78 Å². The van der Waals surface area contributed by atoms with E-state index in [1.54, 1.807) is 0 Å². The summed E-state index contributed by atoms with van der Waals surface area (Å²) in [6.07, 6.45) is 3.76. The zero-order valence-corrected chi connectivity index (χ0v) is 10.0. The first-order valence-electron chi connectivity index (χ1n) is 5.32. The summed E-state index contributed by atoms with van der Waals surface area (Å²) in [7, 11) is 0. The molecule has 0 aliphatic heterocycles. The maximum Gasteiger partial charge on any atom is 0.193 e.